The van der Waals surface area contributed by atoms with Gasteiger partial charge in [-0.2, -0.15) is 0 Å². The molecule has 0 saturated carbocycles. The van der Waals surface area contributed by atoms with Gasteiger partial charge in [-0.15, -0.1) is 10.2 Å². The minimum Gasteiger partial charge on any atom is -0.467 e. The highest BCUT2D eigenvalue weighted by Gasteiger charge is 2.16. The van der Waals surface area contributed by atoms with E-state index in [1.54, 1.807) is 18.0 Å². The summed E-state index contributed by atoms with van der Waals surface area (Å²) in [4.78, 5) is 0. The van der Waals surface area contributed by atoms with Crippen LogP contribution < -0.4 is 0 Å². The number of hydrogen-bond donors (Lipinski definition) is 0. The molecular formula is C16H13BrClN3OS. The van der Waals surface area contributed by atoms with Gasteiger partial charge in [0.15, 0.2) is 11.0 Å². The van der Waals surface area contributed by atoms with Crippen LogP contribution in [-0.2, 0) is 6.54 Å². The second kappa shape index (κ2) is 7.38. The molecule has 0 spiro atoms. The van der Waals surface area contributed by atoms with Crippen LogP contribution in [0.4, 0.5) is 0 Å². The number of thioether (sulfide) groups is 1. The lowest BCUT2D eigenvalue weighted by Gasteiger charge is -2.08. The maximum atomic E-state index is 5.97. The predicted octanol–water partition coefficient (Wildman–Crippen LogP) is 5.24. The van der Waals surface area contributed by atoms with Crippen LogP contribution in [0.2, 0.25) is 5.02 Å². The van der Waals surface area contributed by atoms with E-state index in [1.165, 1.54) is 0 Å². The second-order valence-corrected chi connectivity index (χ2v) is 7.28. The van der Waals surface area contributed by atoms with Gasteiger partial charge in [-0.3, -0.25) is 4.57 Å². The van der Waals surface area contributed by atoms with Crippen LogP contribution in [0.3, 0.4) is 0 Å². The molecule has 0 fully saturated rings. The highest BCUT2D eigenvalue weighted by Crippen LogP contribution is 2.27. The molecule has 4 nitrogen and oxygen atoms in total. The molecule has 118 valence electrons. The van der Waals surface area contributed by atoms with Gasteiger partial charge in [0.05, 0.1) is 12.8 Å². The fraction of sp³-hybridized carbons (Fsp3) is 0.125. The summed E-state index contributed by atoms with van der Waals surface area (Å²) in [6.07, 6.45) is 1.66. The fourth-order valence-electron chi connectivity index (χ4n) is 2.05. The van der Waals surface area contributed by atoms with Gasteiger partial charge in [-0.05, 0) is 40.9 Å². The predicted molar refractivity (Wildman–Crippen MR) is 97.1 cm³/mol. The summed E-state index contributed by atoms with van der Waals surface area (Å²) in [7, 11) is 0. The number of nitrogens with zero attached hydrogens (tertiary/aromatic N) is 3. The Morgan fingerprint density at radius 3 is 2.70 bits per heavy atom. The number of rotatable bonds is 6. The van der Waals surface area contributed by atoms with Gasteiger partial charge >= 0.3 is 0 Å². The molecule has 0 bridgehead atoms. The van der Waals surface area contributed by atoms with Crippen LogP contribution in [0.15, 0.2) is 63.3 Å². The first kappa shape index (κ1) is 16.4. The van der Waals surface area contributed by atoms with E-state index in [2.05, 4.69) is 32.7 Å². The molecule has 0 N–H and O–H groups in total. The van der Waals surface area contributed by atoms with Crippen molar-refractivity contribution in [2.24, 2.45) is 0 Å². The van der Waals surface area contributed by atoms with Crippen LogP contribution in [0.1, 0.15) is 5.76 Å². The van der Waals surface area contributed by atoms with Crippen LogP contribution in [0.25, 0.3) is 11.4 Å². The van der Waals surface area contributed by atoms with Crippen molar-refractivity contribution in [1.29, 1.82) is 0 Å². The first-order valence-corrected chi connectivity index (χ1v) is 8.97. The van der Waals surface area contributed by atoms with Crippen molar-refractivity contribution < 1.29 is 4.42 Å². The van der Waals surface area contributed by atoms with Gasteiger partial charge in [-0.1, -0.05) is 45.9 Å². The minimum atomic E-state index is 0.565. The number of hydrogen-bond acceptors (Lipinski definition) is 4. The Morgan fingerprint density at radius 1 is 1.26 bits per heavy atom. The first-order valence-electron chi connectivity index (χ1n) is 6.81. The van der Waals surface area contributed by atoms with Gasteiger partial charge < -0.3 is 4.42 Å². The zero-order chi connectivity index (χ0) is 16.2. The van der Waals surface area contributed by atoms with Crippen molar-refractivity contribution in [1.82, 2.24) is 14.8 Å². The van der Waals surface area contributed by atoms with Gasteiger partial charge in [0.25, 0.3) is 0 Å². The molecular weight excluding hydrogens is 398 g/mol. The van der Waals surface area contributed by atoms with E-state index in [-0.39, 0.29) is 0 Å². The molecule has 3 aromatic rings. The molecule has 0 aliphatic rings. The van der Waals surface area contributed by atoms with Gasteiger partial charge in [0, 0.05) is 16.3 Å². The topological polar surface area (TPSA) is 43.9 Å². The summed E-state index contributed by atoms with van der Waals surface area (Å²) < 4.78 is 8.40. The smallest absolute Gasteiger partial charge is 0.192 e. The second-order valence-electron chi connectivity index (χ2n) is 4.78. The van der Waals surface area contributed by atoms with E-state index in [1.807, 2.05) is 41.0 Å². The van der Waals surface area contributed by atoms with Gasteiger partial charge in [0.2, 0.25) is 0 Å². The third-order valence-electron chi connectivity index (χ3n) is 3.07. The molecule has 0 radical (unpaired) electrons. The monoisotopic (exact) mass is 409 g/mol. The molecule has 0 amide bonds. The SMILES string of the molecule is C=C(Br)CSc1nnc(-c2ccc(Cl)cc2)n1Cc1ccco1. The van der Waals surface area contributed by atoms with Crippen molar-refractivity contribution in [2.45, 2.75) is 11.7 Å². The van der Waals surface area contributed by atoms with E-state index in [0.717, 1.165) is 32.5 Å². The zero-order valence-electron chi connectivity index (χ0n) is 12.1. The van der Waals surface area contributed by atoms with E-state index in [0.29, 0.717) is 11.6 Å². The number of halogens is 2. The quantitative estimate of drug-likeness (QED) is 0.521. The van der Waals surface area contributed by atoms with Crippen molar-refractivity contribution in [3.8, 4) is 11.4 Å². The Bertz CT molecular complexity index is 799. The standard InChI is InChI=1S/C16H13BrClN3OS/c1-11(17)10-23-16-20-19-15(12-4-6-13(18)7-5-12)21(16)9-14-3-2-8-22-14/h2-8H,1,9-10H2. The lowest BCUT2D eigenvalue weighted by Crippen LogP contribution is -2.03. The average Bonchev–Trinajstić information content (AvgIpc) is 3.17. The maximum absolute atomic E-state index is 5.97. The van der Waals surface area contributed by atoms with Crippen LogP contribution in [-0.4, -0.2) is 20.5 Å². The molecule has 0 aliphatic carbocycles. The number of furan rings is 1. The summed E-state index contributed by atoms with van der Waals surface area (Å²) in [5.74, 6) is 2.34. The van der Waals surface area contributed by atoms with Crippen molar-refractivity contribution in [3.05, 3.63) is 64.5 Å². The average molecular weight is 411 g/mol. The van der Waals surface area contributed by atoms with E-state index < -0.39 is 0 Å². The van der Waals surface area contributed by atoms with Crippen molar-refractivity contribution in [3.63, 3.8) is 0 Å². The van der Waals surface area contributed by atoms with Crippen LogP contribution in [0.5, 0.6) is 0 Å². The molecule has 0 aliphatic heterocycles. The van der Waals surface area contributed by atoms with Crippen LogP contribution in [0, 0.1) is 0 Å². The Kier molecular flexibility index (Phi) is 5.25. The summed E-state index contributed by atoms with van der Waals surface area (Å²) in [6, 6.07) is 11.4. The molecule has 2 heterocycles. The van der Waals surface area contributed by atoms with E-state index in [9.17, 15) is 0 Å². The van der Waals surface area contributed by atoms with Crippen molar-refractivity contribution in [2.75, 3.05) is 5.75 Å². The summed E-state index contributed by atoms with van der Waals surface area (Å²) in [5, 5.41) is 10.1. The van der Waals surface area contributed by atoms with E-state index in [4.69, 9.17) is 16.0 Å². The maximum Gasteiger partial charge on any atom is 0.192 e. The zero-order valence-corrected chi connectivity index (χ0v) is 15.2. The Morgan fingerprint density at radius 2 is 2.04 bits per heavy atom. The summed E-state index contributed by atoms with van der Waals surface area (Å²) in [6.45, 7) is 4.42. The lowest BCUT2D eigenvalue weighted by atomic mass is 10.2. The van der Waals surface area contributed by atoms with E-state index >= 15 is 0 Å². The van der Waals surface area contributed by atoms with Gasteiger partial charge in [0.1, 0.15) is 5.76 Å². The Labute approximate surface area is 151 Å². The normalized spacial score (nSPS) is 10.9. The largest absolute Gasteiger partial charge is 0.467 e. The molecule has 1 aromatic carbocycles. The fourth-order valence-corrected chi connectivity index (χ4v) is 3.21. The highest BCUT2D eigenvalue weighted by molar-refractivity contribution is 9.11. The molecule has 3 rings (SSSR count). The summed E-state index contributed by atoms with van der Waals surface area (Å²) >= 11 is 10.9. The molecule has 0 saturated heterocycles. The first-order chi connectivity index (χ1) is 11.1. The molecule has 23 heavy (non-hydrogen) atoms. The lowest BCUT2D eigenvalue weighted by molar-refractivity contribution is 0.485. The molecule has 0 atom stereocenters. The Hall–Kier alpha value is -1.50. The van der Waals surface area contributed by atoms with Crippen LogP contribution >= 0.6 is 39.3 Å². The Balaban J connectivity index is 1.97. The third kappa shape index (κ3) is 4.07. The van der Waals surface area contributed by atoms with Gasteiger partial charge in [-0.25, -0.2) is 0 Å². The summed E-state index contributed by atoms with van der Waals surface area (Å²) in [5.41, 5.74) is 0.956. The van der Waals surface area contributed by atoms with Crippen molar-refractivity contribution >= 4 is 39.3 Å². The minimum absolute atomic E-state index is 0.565. The molecule has 0 unspecified atom stereocenters. The third-order valence-corrected chi connectivity index (χ3v) is 5.03. The number of benzene rings is 1. The highest BCUT2D eigenvalue weighted by atomic mass is 79.9. The molecule has 7 heteroatoms. The number of aromatic nitrogens is 3. The molecule has 2 aromatic heterocycles.